The minimum absolute atomic E-state index is 0.0137. The number of esters is 1. The Bertz CT molecular complexity index is 1160. The molecule has 33 heavy (non-hydrogen) atoms. The molecule has 7 nitrogen and oxygen atoms in total. The van der Waals surface area contributed by atoms with Crippen LogP contribution in [-0.4, -0.2) is 34.8 Å². The molecule has 0 radical (unpaired) electrons. The van der Waals surface area contributed by atoms with Crippen LogP contribution >= 0.6 is 0 Å². The van der Waals surface area contributed by atoms with Crippen LogP contribution < -0.4 is 10.9 Å². The summed E-state index contributed by atoms with van der Waals surface area (Å²) in [7, 11) is 0. The average Bonchev–Trinajstić information content (AvgIpc) is 2.83. The topological polar surface area (TPSA) is 90.3 Å². The van der Waals surface area contributed by atoms with Crippen LogP contribution in [0.1, 0.15) is 48.7 Å². The van der Waals surface area contributed by atoms with Crippen LogP contribution in [-0.2, 0) is 22.5 Å². The van der Waals surface area contributed by atoms with Crippen LogP contribution in [0.2, 0.25) is 0 Å². The van der Waals surface area contributed by atoms with Crippen LogP contribution in [0.25, 0.3) is 10.8 Å². The number of amides is 1. The highest BCUT2D eigenvalue weighted by atomic mass is 19.1. The second kappa shape index (κ2) is 11.9. The third-order valence-corrected chi connectivity index (χ3v) is 5.27. The zero-order chi connectivity index (χ0) is 23.6. The molecule has 0 saturated carbocycles. The summed E-state index contributed by atoms with van der Waals surface area (Å²) in [6.45, 7) is 2.38. The summed E-state index contributed by atoms with van der Waals surface area (Å²) >= 11 is 0. The summed E-state index contributed by atoms with van der Waals surface area (Å²) in [5.74, 6) is -1.53. The largest absolute Gasteiger partial charge is 0.451 e. The number of benzene rings is 2. The Morgan fingerprint density at radius 1 is 1.03 bits per heavy atom. The van der Waals surface area contributed by atoms with Crippen molar-refractivity contribution in [1.82, 2.24) is 15.1 Å². The second-order valence-electron chi connectivity index (χ2n) is 7.79. The van der Waals surface area contributed by atoms with Gasteiger partial charge in [-0.2, -0.15) is 5.10 Å². The van der Waals surface area contributed by atoms with E-state index in [1.54, 1.807) is 36.4 Å². The quantitative estimate of drug-likeness (QED) is 0.354. The van der Waals surface area contributed by atoms with Gasteiger partial charge in [0.15, 0.2) is 12.3 Å². The summed E-state index contributed by atoms with van der Waals surface area (Å²) in [4.78, 5) is 37.6. The molecule has 0 aliphatic rings. The molecule has 2 aromatic carbocycles. The third-order valence-electron chi connectivity index (χ3n) is 5.27. The number of aryl methyl sites for hydroxylation is 1. The Balaban J connectivity index is 1.62. The molecule has 0 atom stereocenters. The van der Waals surface area contributed by atoms with E-state index in [4.69, 9.17) is 4.74 Å². The van der Waals surface area contributed by atoms with E-state index in [9.17, 15) is 18.8 Å². The molecule has 1 N–H and O–H groups in total. The van der Waals surface area contributed by atoms with E-state index in [1.165, 1.54) is 16.8 Å². The normalized spacial score (nSPS) is 10.8. The number of fused-ring (bicyclic) bond motifs is 1. The molecular weight excluding hydrogens is 425 g/mol. The van der Waals surface area contributed by atoms with Crippen LogP contribution in [0, 0.1) is 5.82 Å². The lowest BCUT2D eigenvalue weighted by molar-refractivity contribution is -0.124. The van der Waals surface area contributed by atoms with Gasteiger partial charge < -0.3 is 10.1 Å². The first kappa shape index (κ1) is 24.1. The monoisotopic (exact) mass is 453 g/mol. The first-order chi connectivity index (χ1) is 16.0. The molecule has 0 aliphatic carbocycles. The molecule has 174 valence electrons. The van der Waals surface area contributed by atoms with E-state index in [0.717, 1.165) is 31.2 Å². The standard InChI is InChI=1S/C25H28FN3O4/c1-2-3-4-7-16-29-24(31)21-9-6-5-8-20(21)23(28-29)25(32)33-17-22(30)27-15-14-18-10-12-19(26)13-11-18/h5-6,8-13H,2-4,7,14-17H2,1H3,(H,27,30). The number of halogens is 1. The molecule has 0 unspecified atom stereocenters. The highest BCUT2D eigenvalue weighted by Crippen LogP contribution is 2.15. The van der Waals surface area contributed by atoms with Gasteiger partial charge in [-0.3, -0.25) is 9.59 Å². The fourth-order valence-corrected chi connectivity index (χ4v) is 3.47. The number of aromatic nitrogens is 2. The van der Waals surface area contributed by atoms with Crippen LogP contribution in [0.3, 0.4) is 0 Å². The second-order valence-corrected chi connectivity index (χ2v) is 7.79. The summed E-state index contributed by atoms with van der Waals surface area (Å²) < 4.78 is 19.4. The molecule has 0 bridgehead atoms. The molecule has 3 rings (SSSR count). The summed E-state index contributed by atoms with van der Waals surface area (Å²) in [5.41, 5.74) is 0.641. The van der Waals surface area contributed by atoms with Crippen molar-refractivity contribution in [2.75, 3.05) is 13.2 Å². The number of ether oxygens (including phenoxy) is 1. The Kier molecular flexibility index (Phi) is 8.69. The van der Waals surface area contributed by atoms with Crippen molar-refractivity contribution in [2.45, 2.75) is 45.6 Å². The molecule has 0 fully saturated rings. The summed E-state index contributed by atoms with van der Waals surface area (Å²) in [5, 5.41) is 7.70. The number of unbranched alkanes of at least 4 members (excludes halogenated alkanes) is 3. The van der Waals surface area contributed by atoms with Gasteiger partial charge in [-0.05, 0) is 36.6 Å². The van der Waals surface area contributed by atoms with Crippen molar-refractivity contribution in [3.05, 3.63) is 76.0 Å². The molecular formula is C25H28FN3O4. The van der Waals surface area contributed by atoms with Gasteiger partial charge in [-0.15, -0.1) is 0 Å². The zero-order valence-electron chi connectivity index (χ0n) is 18.7. The highest BCUT2D eigenvalue weighted by molar-refractivity contribution is 6.02. The molecule has 1 heterocycles. The Labute approximate surface area is 191 Å². The van der Waals surface area contributed by atoms with Crippen LogP contribution in [0.15, 0.2) is 53.3 Å². The van der Waals surface area contributed by atoms with E-state index in [-0.39, 0.29) is 17.1 Å². The lowest BCUT2D eigenvalue weighted by atomic mass is 10.1. The van der Waals surface area contributed by atoms with Gasteiger partial charge >= 0.3 is 5.97 Å². The number of hydrogen-bond acceptors (Lipinski definition) is 5. The number of rotatable bonds is 11. The predicted octanol–water partition coefficient (Wildman–Crippen LogP) is 3.63. The van der Waals surface area contributed by atoms with Gasteiger partial charge in [-0.25, -0.2) is 13.9 Å². The maximum atomic E-state index is 12.9. The first-order valence-corrected chi connectivity index (χ1v) is 11.2. The molecule has 1 amide bonds. The zero-order valence-corrected chi connectivity index (χ0v) is 18.7. The van der Waals surface area contributed by atoms with Crippen molar-refractivity contribution in [3.8, 4) is 0 Å². The number of carbonyl (C=O) groups is 2. The highest BCUT2D eigenvalue weighted by Gasteiger charge is 2.19. The van der Waals surface area contributed by atoms with Crippen molar-refractivity contribution in [1.29, 1.82) is 0 Å². The van der Waals surface area contributed by atoms with Crippen molar-refractivity contribution in [3.63, 3.8) is 0 Å². The molecule has 1 aromatic heterocycles. The third kappa shape index (κ3) is 6.71. The van der Waals surface area contributed by atoms with E-state index in [1.807, 2.05) is 0 Å². The fourth-order valence-electron chi connectivity index (χ4n) is 3.47. The minimum Gasteiger partial charge on any atom is -0.451 e. The van der Waals surface area contributed by atoms with E-state index >= 15 is 0 Å². The van der Waals surface area contributed by atoms with Gasteiger partial charge in [0.25, 0.3) is 11.5 Å². The number of nitrogens with one attached hydrogen (secondary N) is 1. The maximum Gasteiger partial charge on any atom is 0.359 e. The smallest absolute Gasteiger partial charge is 0.359 e. The Hall–Kier alpha value is -3.55. The molecule has 3 aromatic rings. The number of hydrogen-bond donors (Lipinski definition) is 1. The Morgan fingerprint density at radius 2 is 1.76 bits per heavy atom. The van der Waals surface area contributed by atoms with E-state index in [0.29, 0.717) is 30.3 Å². The lowest BCUT2D eigenvalue weighted by Gasteiger charge is -2.11. The number of carbonyl (C=O) groups excluding carboxylic acids is 2. The summed E-state index contributed by atoms with van der Waals surface area (Å²) in [6.07, 6.45) is 4.41. The van der Waals surface area contributed by atoms with Gasteiger partial charge in [0, 0.05) is 18.5 Å². The van der Waals surface area contributed by atoms with E-state index in [2.05, 4.69) is 17.3 Å². The lowest BCUT2D eigenvalue weighted by Crippen LogP contribution is -2.31. The van der Waals surface area contributed by atoms with Crippen LogP contribution in [0.4, 0.5) is 4.39 Å². The SMILES string of the molecule is CCCCCCn1nc(C(=O)OCC(=O)NCCc2ccc(F)cc2)c2ccccc2c1=O. The minimum atomic E-state index is -0.762. The molecule has 0 spiro atoms. The fraction of sp³-hybridized carbons (Fsp3) is 0.360. The van der Waals surface area contributed by atoms with Gasteiger partial charge in [0.2, 0.25) is 0 Å². The average molecular weight is 454 g/mol. The molecule has 0 aliphatic heterocycles. The Morgan fingerprint density at radius 3 is 2.48 bits per heavy atom. The predicted molar refractivity (Wildman–Crippen MR) is 124 cm³/mol. The van der Waals surface area contributed by atoms with E-state index < -0.39 is 18.5 Å². The van der Waals surface area contributed by atoms with Gasteiger partial charge in [0.1, 0.15) is 5.82 Å². The summed E-state index contributed by atoms with van der Waals surface area (Å²) in [6, 6.07) is 12.8. The van der Waals surface area contributed by atoms with Crippen molar-refractivity contribution >= 4 is 22.6 Å². The van der Waals surface area contributed by atoms with Gasteiger partial charge in [-0.1, -0.05) is 56.5 Å². The number of nitrogens with zero attached hydrogens (tertiary/aromatic N) is 2. The first-order valence-electron chi connectivity index (χ1n) is 11.2. The van der Waals surface area contributed by atoms with Gasteiger partial charge in [0.05, 0.1) is 5.39 Å². The van der Waals surface area contributed by atoms with Crippen molar-refractivity contribution in [2.24, 2.45) is 0 Å². The van der Waals surface area contributed by atoms with Crippen molar-refractivity contribution < 1.29 is 18.7 Å². The molecule has 8 heteroatoms. The van der Waals surface area contributed by atoms with Crippen LogP contribution in [0.5, 0.6) is 0 Å². The maximum absolute atomic E-state index is 12.9. The molecule has 0 saturated heterocycles.